The number of rotatable bonds is 7. The molecule has 8 nitrogen and oxygen atoms in total. The normalized spacial score (nSPS) is 16.9. The topological polar surface area (TPSA) is 92.5 Å². The van der Waals surface area contributed by atoms with Crippen molar-refractivity contribution in [3.63, 3.8) is 0 Å². The molecule has 1 aliphatic rings. The summed E-state index contributed by atoms with van der Waals surface area (Å²) in [7, 11) is -1.12. The number of nitrogens with zero attached hydrogens (tertiary/aromatic N) is 4. The Labute approximate surface area is 180 Å². The van der Waals surface area contributed by atoms with Gasteiger partial charge in [-0.2, -0.15) is 0 Å². The summed E-state index contributed by atoms with van der Waals surface area (Å²) in [5, 5.41) is 11.7. The number of amides is 1. The molecule has 1 aliphatic heterocycles. The summed E-state index contributed by atoms with van der Waals surface area (Å²) in [5.74, 6) is 0.809. The second kappa shape index (κ2) is 8.61. The van der Waals surface area contributed by atoms with Gasteiger partial charge in [-0.1, -0.05) is 19.6 Å². The molecule has 0 radical (unpaired) electrons. The molecule has 2 aromatic rings. The van der Waals surface area contributed by atoms with Gasteiger partial charge in [-0.05, 0) is 41.7 Å². The van der Waals surface area contributed by atoms with E-state index in [1.54, 1.807) is 6.20 Å². The molecule has 29 heavy (non-hydrogen) atoms. The Bertz CT molecular complexity index is 875. The van der Waals surface area contributed by atoms with Gasteiger partial charge in [0.05, 0.1) is 10.7 Å². The molecule has 3 heterocycles. The number of hydrogen-bond donors (Lipinski definition) is 2. The quantitative estimate of drug-likeness (QED) is 0.454. The Morgan fingerprint density at radius 3 is 2.69 bits per heavy atom. The number of carboxylic acid groups (broad SMARTS) is 1. The van der Waals surface area contributed by atoms with Crippen molar-refractivity contribution in [1.29, 1.82) is 0 Å². The second-order valence-electron chi connectivity index (χ2n) is 9.17. The highest BCUT2D eigenvalue weighted by Gasteiger charge is 2.32. The van der Waals surface area contributed by atoms with Gasteiger partial charge in [-0.25, -0.2) is 14.8 Å². The van der Waals surface area contributed by atoms with E-state index in [1.165, 1.54) is 0 Å². The van der Waals surface area contributed by atoms with Crippen molar-refractivity contribution in [2.75, 3.05) is 24.6 Å². The first-order valence-corrected chi connectivity index (χ1v) is 14.4. The molecule has 160 valence electrons. The molecule has 0 spiro atoms. The van der Waals surface area contributed by atoms with Crippen LogP contribution < -0.4 is 10.2 Å². The van der Waals surface area contributed by atoms with Gasteiger partial charge in [0.25, 0.3) is 0 Å². The maximum absolute atomic E-state index is 11.0. The number of hydrogen-bond acceptors (Lipinski definition) is 5. The molecule has 0 atom stereocenters. The van der Waals surface area contributed by atoms with Crippen molar-refractivity contribution in [3.8, 4) is 0 Å². The van der Waals surface area contributed by atoms with E-state index in [0.29, 0.717) is 6.73 Å². The Balaban J connectivity index is 1.70. The average Bonchev–Trinajstić information content (AvgIpc) is 2.93. The van der Waals surface area contributed by atoms with Crippen LogP contribution in [0.25, 0.3) is 11.2 Å². The zero-order chi connectivity index (χ0) is 21.2. The molecular weight excluding hydrogens is 454 g/mol. The van der Waals surface area contributed by atoms with Crippen molar-refractivity contribution < 1.29 is 14.6 Å². The van der Waals surface area contributed by atoms with Crippen molar-refractivity contribution in [3.05, 3.63) is 16.9 Å². The van der Waals surface area contributed by atoms with Gasteiger partial charge in [0.1, 0.15) is 18.1 Å². The summed E-state index contributed by atoms with van der Waals surface area (Å²) in [6.07, 6.45) is 4.23. The minimum absolute atomic E-state index is 0.396. The highest BCUT2D eigenvalue weighted by atomic mass is 79.9. The Kier molecular flexibility index (Phi) is 6.54. The lowest BCUT2D eigenvalue weighted by molar-refractivity contribution is 0.0898. The molecule has 0 aromatic carbocycles. The zero-order valence-corrected chi connectivity index (χ0v) is 20.1. The fourth-order valence-electron chi connectivity index (χ4n) is 3.40. The van der Waals surface area contributed by atoms with Crippen LogP contribution in [0.2, 0.25) is 25.7 Å². The van der Waals surface area contributed by atoms with Crippen LogP contribution in [0, 0.1) is 0 Å². The van der Waals surface area contributed by atoms with E-state index in [0.717, 1.165) is 60.0 Å². The third-order valence-corrected chi connectivity index (χ3v) is 7.62. The average molecular weight is 484 g/mol. The summed E-state index contributed by atoms with van der Waals surface area (Å²) in [4.78, 5) is 22.6. The Morgan fingerprint density at radius 2 is 2.07 bits per heavy atom. The molecule has 0 aliphatic carbocycles. The summed E-state index contributed by atoms with van der Waals surface area (Å²) in [6.45, 7) is 11.6. The van der Waals surface area contributed by atoms with Crippen LogP contribution in [0.4, 0.5) is 10.6 Å². The highest BCUT2D eigenvalue weighted by Crippen LogP contribution is 2.28. The lowest BCUT2D eigenvalue weighted by Gasteiger charge is -2.39. The van der Waals surface area contributed by atoms with E-state index < -0.39 is 19.7 Å². The summed E-state index contributed by atoms with van der Waals surface area (Å²) >= 11 is 3.57. The second-order valence-corrected chi connectivity index (χ2v) is 15.6. The van der Waals surface area contributed by atoms with Crippen molar-refractivity contribution >= 4 is 47.1 Å². The minimum atomic E-state index is -1.12. The highest BCUT2D eigenvalue weighted by molar-refractivity contribution is 9.10. The van der Waals surface area contributed by atoms with E-state index >= 15 is 0 Å². The molecule has 2 aromatic heterocycles. The van der Waals surface area contributed by atoms with E-state index in [9.17, 15) is 4.79 Å². The van der Waals surface area contributed by atoms with Crippen molar-refractivity contribution in [2.45, 2.75) is 57.7 Å². The van der Waals surface area contributed by atoms with E-state index in [-0.39, 0.29) is 0 Å². The first kappa shape index (κ1) is 22.0. The monoisotopic (exact) mass is 483 g/mol. The van der Waals surface area contributed by atoms with Gasteiger partial charge < -0.3 is 24.6 Å². The number of aromatic nitrogens is 3. The van der Waals surface area contributed by atoms with Crippen LogP contribution in [-0.2, 0) is 11.5 Å². The number of fused-ring (bicyclic) bond motifs is 1. The summed E-state index contributed by atoms with van der Waals surface area (Å²) in [6, 6.07) is 1.13. The third kappa shape index (κ3) is 5.70. The number of carbonyl (C=O) groups is 1. The molecule has 1 fully saturated rings. The van der Waals surface area contributed by atoms with E-state index in [4.69, 9.17) is 14.8 Å². The van der Waals surface area contributed by atoms with Gasteiger partial charge in [-0.15, -0.1) is 0 Å². The molecule has 1 saturated heterocycles. The maximum Gasteiger partial charge on any atom is 0.405 e. The fraction of sp³-hybridized carbons (Fsp3) is 0.632. The van der Waals surface area contributed by atoms with Gasteiger partial charge in [-0.3, -0.25) is 0 Å². The molecule has 3 rings (SSSR count). The smallest absolute Gasteiger partial charge is 0.405 e. The zero-order valence-electron chi connectivity index (χ0n) is 17.5. The van der Waals surface area contributed by atoms with Crippen LogP contribution in [0.5, 0.6) is 0 Å². The molecule has 0 unspecified atom stereocenters. The standard InChI is InChI=1S/C19H30BrN5O3Si/c1-19(23-18(26)27)5-7-24(8-6-19)15-11-21-16-14(20)12-25(17(16)22-15)13-28-9-10-29(2,3)4/h11-12,23H,5-10,13H2,1-4H3,(H,26,27). The predicted octanol–water partition coefficient (Wildman–Crippen LogP) is 4.13. The van der Waals surface area contributed by atoms with E-state index in [2.05, 4.69) is 50.8 Å². The molecule has 10 heteroatoms. The van der Waals surface area contributed by atoms with Crippen molar-refractivity contribution in [2.24, 2.45) is 0 Å². The molecule has 0 bridgehead atoms. The molecule has 1 amide bonds. The SMILES string of the molecule is CC1(NC(=O)O)CCN(c2cnc3c(Br)cn(COCC[Si](C)(C)C)c3n2)CC1. The van der Waals surface area contributed by atoms with Crippen LogP contribution in [-0.4, -0.2) is 59.0 Å². The lowest BCUT2D eigenvalue weighted by Crippen LogP contribution is -2.53. The van der Waals surface area contributed by atoms with Crippen LogP contribution in [0.3, 0.4) is 0 Å². The fourth-order valence-corrected chi connectivity index (χ4v) is 4.69. The lowest BCUT2D eigenvalue weighted by atomic mass is 9.90. The number of ether oxygens (including phenoxy) is 1. The maximum atomic E-state index is 11.0. The third-order valence-electron chi connectivity index (χ3n) is 5.34. The van der Waals surface area contributed by atoms with Gasteiger partial charge >= 0.3 is 6.09 Å². The summed E-state index contributed by atoms with van der Waals surface area (Å²) < 4.78 is 8.78. The largest absolute Gasteiger partial charge is 0.465 e. The first-order valence-electron chi connectivity index (χ1n) is 9.92. The summed E-state index contributed by atoms with van der Waals surface area (Å²) in [5.41, 5.74) is 1.21. The Morgan fingerprint density at radius 1 is 1.38 bits per heavy atom. The van der Waals surface area contributed by atoms with Gasteiger partial charge in [0, 0.05) is 39.5 Å². The number of nitrogens with one attached hydrogen (secondary N) is 1. The molecule has 2 N–H and O–H groups in total. The van der Waals surface area contributed by atoms with Crippen LogP contribution >= 0.6 is 15.9 Å². The van der Waals surface area contributed by atoms with Gasteiger partial charge in [0.15, 0.2) is 5.65 Å². The first-order chi connectivity index (χ1) is 13.6. The van der Waals surface area contributed by atoms with Crippen molar-refractivity contribution in [1.82, 2.24) is 19.9 Å². The predicted molar refractivity (Wildman–Crippen MR) is 120 cm³/mol. The molecular formula is C19H30BrN5O3Si. The number of piperidine rings is 1. The molecule has 0 saturated carbocycles. The number of anilines is 1. The van der Waals surface area contributed by atoms with Crippen LogP contribution in [0.1, 0.15) is 19.8 Å². The van der Waals surface area contributed by atoms with Gasteiger partial charge in [0.2, 0.25) is 0 Å². The Hall–Kier alpha value is -1.65. The number of halogens is 1. The van der Waals surface area contributed by atoms with E-state index in [1.807, 2.05) is 17.7 Å². The minimum Gasteiger partial charge on any atom is -0.465 e. The van der Waals surface area contributed by atoms with Crippen LogP contribution in [0.15, 0.2) is 16.9 Å².